The molecule has 4 saturated heterocycles. The lowest BCUT2D eigenvalue weighted by molar-refractivity contribution is -0.140. The Labute approximate surface area is 335 Å². The lowest BCUT2D eigenvalue weighted by Crippen LogP contribution is -2.56. The van der Waals surface area contributed by atoms with Crippen molar-refractivity contribution >= 4 is 61.1 Å². The molecule has 4 aromatic rings. The first-order valence-corrected chi connectivity index (χ1v) is 21.4. The number of carbonyl (C=O) groups is 2. The smallest absolute Gasteiger partial charge is 0.410 e. The van der Waals surface area contributed by atoms with Gasteiger partial charge in [-0.05, 0) is 55.8 Å². The van der Waals surface area contributed by atoms with E-state index >= 15 is 4.39 Å². The number of phenolic OH excluding ortho intramolecular Hbond substituents is 1. The van der Waals surface area contributed by atoms with Gasteiger partial charge in [0.1, 0.15) is 54.6 Å². The van der Waals surface area contributed by atoms with Crippen LogP contribution >= 0.6 is 21.6 Å². The van der Waals surface area contributed by atoms with Crippen molar-refractivity contribution in [2.75, 3.05) is 62.4 Å². The quantitative estimate of drug-likeness (QED) is 0.0723. The number of carbonyl (C=O) groups excluding carboxylic acids is 2. The van der Waals surface area contributed by atoms with Crippen LogP contribution in [0.25, 0.3) is 32.9 Å². The van der Waals surface area contributed by atoms with Crippen molar-refractivity contribution in [1.29, 1.82) is 0 Å². The van der Waals surface area contributed by atoms with Gasteiger partial charge in [0, 0.05) is 61.6 Å². The van der Waals surface area contributed by atoms with Crippen molar-refractivity contribution in [3.8, 4) is 35.4 Å². The standard InChI is InChI=1S/C40H41F3N6O6S2/c1-3-29-32(42)8-5-24-15-28(51)16-30(33(24)29)35-34(43)36-31(18-44-35)37(46-38(45-36)55-22-40-9-4-10-48(40)19-25(41)17-40)47-20-26-6-7-27(21-47)49(26)39(52)54-12-14-57-56-13-11-53-23(2)50/h1,5,8,15-16,18,25-27,51H,4,6-7,9-14,17,19-22H2,2H3/t25-,26?,27?,40+/m1/s1. The molecule has 2 aromatic carbocycles. The van der Waals surface area contributed by atoms with Crippen molar-refractivity contribution in [2.45, 2.75) is 62.8 Å². The highest BCUT2D eigenvalue weighted by atomic mass is 33.1. The van der Waals surface area contributed by atoms with Crippen molar-refractivity contribution < 1.29 is 42.1 Å². The Bertz CT molecular complexity index is 2250. The van der Waals surface area contributed by atoms with Crippen LogP contribution in [0.3, 0.4) is 0 Å². The molecule has 300 valence electrons. The molecule has 2 unspecified atom stereocenters. The Morgan fingerprint density at radius 2 is 1.82 bits per heavy atom. The number of amides is 1. The Balaban J connectivity index is 1.09. The third-order valence-corrected chi connectivity index (χ3v) is 13.6. The van der Waals surface area contributed by atoms with Crippen LogP contribution in [0.5, 0.6) is 11.8 Å². The Kier molecular flexibility index (Phi) is 11.2. The number of aromatic hydroxyl groups is 1. The van der Waals surface area contributed by atoms with E-state index in [9.17, 15) is 23.5 Å². The minimum Gasteiger partial charge on any atom is -0.508 e. The van der Waals surface area contributed by atoms with Crippen LogP contribution < -0.4 is 9.64 Å². The molecule has 57 heavy (non-hydrogen) atoms. The molecule has 1 amide bonds. The van der Waals surface area contributed by atoms with Gasteiger partial charge in [0.15, 0.2) is 5.82 Å². The van der Waals surface area contributed by atoms with Gasteiger partial charge in [-0.3, -0.25) is 19.6 Å². The molecule has 0 saturated carbocycles. The maximum Gasteiger partial charge on any atom is 0.410 e. The number of fused-ring (bicyclic) bond motifs is 5. The van der Waals surface area contributed by atoms with Crippen LogP contribution in [0.1, 0.15) is 44.6 Å². The first-order valence-electron chi connectivity index (χ1n) is 18.9. The fraction of sp³-hybridized carbons (Fsp3) is 0.475. The highest BCUT2D eigenvalue weighted by molar-refractivity contribution is 8.76. The number of halogens is 3. The fourth-order valence-corrected chi connectivity index (χ4v) is 10.5. The molecule has 0 spiro atoms. The van der Waals surface area contributed by atoms with E-state index in [-0.39, 0.29) is 70.8 Å². The largest absolute Gasteiger partial charge is 0.508 e. The molecule has 0 radical (unpaired) electrons. The summed E-state index contributed by atoms with van der Waals surface area (Å²) in [6.45, 7) is 3.88. The molecule has 1 N–H and O–H groups in total. The van der Waals surface area contributed by atoms with Crippen molar-refractivity contribution in [2.24, 2.45) is 0 Å². The second-order valence-electron chi connectivity index (χ2n) is 14.8. The summed E-state index contributed by atoms with van der Waals surface area (Å²) < 4.78 is 63.6. The molecule has 6 heterocycles. The number of alkyl halides is 1. The van der Waals surface area contributed by atoms with E-state index in [1.54, 1.807) is 4.90 Å². The van der Waals surface area contributed by atoms with Gasteiger partial charge < -0.3 is 24.2 Å². The normalized spacial score (nSPS) is 22.9. The summed E-state index contributed by atoms with van der Waals surface area (Å²) in [7, 11) is 3.07. The Hall–Kier alpha value is -4.66. The fourth-order valence-electron chi connectivity index (χ4n) is 8.86. The number of aromatic nitrogens is 3. The first kappa shape index (κ1) is 39.2. The summed E-state index contributed by atoms with van der Waals surface area (Å²) in [6, 6.07) is 4.86. The lowest BCUT2D eigenvalue weighted by Gasteiger charge is -2.41. The number of nitrogens with zero attached hydrogens (tertiary/aromatic N) is 6. The van der Waals surface area contributed by atoms with Crippen molar-refractivity contribution in [3.63, 3.8) is 0 Å². The zero-order valence-corrected chi connectivity index (χ0v) is 32.9. The Morgan fingerprint density at radius 1 is 1.07 bits per heavy atom. The van der Waals surface area contributed by atoms with Gasteiger partial charge in [-0.1, -0.05) is 33.6 Å². The molecule has 2 bridgehead atoms. The number of rotatable bonds is 12. The second-order valence-corrected chi connectivity index (χ2v) is 17.5. The maximum absolute atomic E-state index is 17.1. The number of anilines is 1. The molecule has 2 aromatic heterocycles. The third kappa shape index (κ3) is 7.71. The van der Waals surface area contributed by atoms with Crippen molar-refractivity contribution in [3.05, 3.63) is 47.7 Å². The van der Waals surface area contributed by atoms with E-state index in [0.717, 1.165) is 32.2 Å². The minimum atomic E-state index is -0.974. The number of esters is 1. The van der Waals surface area contributed by atoms with Gasteiger partial charge in [0.2, 0.25) is 0 Å². The SMILES string of the molecule is C#Cc1c(F)ccc2cc(O)cc(-c3ncc4c(N5CC6CCC(C5)N6C(=O)OCCSSCCOC(C)=O)nc(OC[C@@]56CCCN5C[C@H](F)C6)nc4c3F)c12. The van der Waals surface area contributed by atoms with E-state index < -0.39 is 29.4 Å². The number of terminal acetylenes is 1. The summed E-state index contributed by atoms with van der Waals surface area (Å²) in [5.41, 5.74) is -0.832. The summed E-state index contributed by atoms with van der Waals surface area (Å²) in [5.74, 6) is 1.90. The van der Waals surface area contributed by atoms with Gasteiger partial charge in [-0.25, -0.2) is 18.0 Å². The van der Waals surface area contributed by atoms with Gasteiger partial charge in [-0.2, -0.15) is 9.97 Å². The summed E-state index contributed by atoms with van der Waals surface area (Å²) in [6.07, 6.45) is 9.25. The van der Waals surface area contributed by atoms with E-state index in [1.807, 2.05) is 4.90 Å². The highest BCUT2D eigenvalue weighted by Crippen LogP contribution is 2.43. The maximum atomic E-state index is 17.1. The number of hydrogen-bond donors (Lipinski definition) is 1. The molecular weight excluding hydrogens is 782 g/mol. The molecule has 0 aliphatic carbocycles. The van der Waals surface area contributed by atoms with E-state index in [2.05, 4.69) is 20.8 Å². The predicted molar refractivity (Wildman–Crippen MR) is 212 cm³/mol. The number of benzene rings is 2. The molecule has 17 heteroatoms. The summed E-state index contributed by atoms with van der Waals surface area (Å²) in [5, 5.41) is 11.5. The molecule has 4 fully saturated rings. The molecule has 4 aliphatic heterocycles. The Morgan fingerprint density at radius 3 is 2.56 bits per heavy atom. The second kappa shape index (κ2) is 16.3. The molecule has 4 aliphatic rings. The molecule has 4 atom stereocenters. The summed E-state index contributed by atoms with van der Waals surface area (Å²) >= 11 is 0. The number of ether oxygens (including phenoxy) is 3. The van der Waals surface area contributed by atoms with Crippen LogP contribution in [0.2, 0.25) is 0 Å². The van der Waals surface area contributed by atoms with E-state index in [4.69, 9.17) is 25.6 Å². The van der Waals surface area contributed by atoms with Crippen LogP contribution in [-0.2, 0) is 14.3 Å². The zero-order chi connectivity index (χ0) is 39.8. The topological polar surface area (TPSA) is 130 Å². The zero-order valence-electron chi connectivity index (χ0n) is 31.2. The lowest BCUT2D eigenvalue weighted by atomic mass is 9.95. The molecular formula is C40H41F3N6O6S2. The third-order valence-electron chi connectivity index (χ3n) is 11.3. The number of piperazine rings is 1. The molecule has 8 rings (SSSR count). The van der Waals surface area contributed by atoms with Crippen LogP contribution in [0.15, 0.2) is 30.5 Å². The van der Waals surface area contributed by atoms with E-state index in [1.165, 1.54) is 59.0 Å². The van der Waals surface area contributed by atoms with Gasteiger partial charge in [0.05, 0.1) is 28.6 Å². The van der Waals surface area contributed by atoms with Gasteiger partial charge in [0.25, 0.3) is 0 Å². The molecule has 12 nitrogen and oxygen atoms in total. The number of hydrogen-bond acceptors (Lipinski definition) is 13. The summed E-state index contributed by atoms with van der Waals surface area (Å²) in [4.78, 5) is 44.0. The first-order chi connectivity index (χ1) is 27.5. The van der Waals surface area contributed by atoms with E-state index in [0.29, 0.717) is 60.8 Å². The van der Waals surface area contributed by atoms with Gasteiger partial charge >= 0.3 is 18.1 Å². The highest BCUT2D eigenvalue weighted by Gasteiger charge is 2.50. The van der Waals surface area contributed by atoms with Crippen LogP contribution in [0.4, 0.5) is 23.8 Å². The van der Waals surface area contributed by atoms with Gasteiger partial charge in [-0.15, -0.1) is 6.42 Å². The minimum absolute atomic E-state index is 0.0871. The average Bonchev–Trinajstić information content (AvgIpc) is 3.81. The number of phenols is 1. The average molecular weight is 823 g/mol. The van der Waals surface area contributed by atoms with Crippen LogP contribution in [-0.4, -0.2) is 123 Å². The monoisotopic (exact) mass is 822 g/mol. The number of pyridine rings is 1. The van der Waals surface area contributed by atoms with Crippen LogP contribution in [0, 0.1) is 24.0 Å². The van der Waals surface area contributed by atoms with Crippen molar-refractivity contribution in [1.82, 2.24) is 24.8 Å². The predicted octanol–water partition coefficient (Wildman–Crippen LogP) is 6.50.